The van der Waals surface area contributed by atoms with Gasteiger partial charge in [0.1, 0.15) is 0 Å². The molecule has 4 rings (SSSR count). The summed E-state index contributed by atoms with van der Waals surface area (Å²) in [5.74, 6) is 1.87. The highest BCUT2D eigenvalue weighted by molar-refractivity contribution is 7.88. The third-order valence-corrected chi connectivity index (χ3v) is 6.30. The van der Waals surface area contributed by atoms with E-state index in [1.807, 2.05) is 30.3 Å². The number of aromatic nitrogens is 2. The van der Waals surface area contributed by atoms with Crippen molar-refractivity contribution in [3.05, 3.63) is 47.6 Å². The second-order valence-electron chi connectivity index (χ2n) is 6.35. The zero-order valence-corrected chi connectivity index (χ0v) is 13.6. The van der Waals surface area contributed by atoms with E-state index in [0.29, 0.717) is 24.9 Å². The largest absolute Gasteiger partial charge is 0.339 e. The molecule has 1 saturated carbocycles. The average Bonchev–Trinajstić information content (AvgIpc) is 3.07. The molecule has 122 valence electrons. The van der Waals surface area contributed by atoms with E-state index in [0.717, 1.165) is 30.7 Å². The summed E-state index contributed by atoms with van der Waals surface area (Å²) in [7, 11) is -3.31. The molecular weight excluding hydrogens is 314 g/mol. The molecule has 1 aliphatic carbocycles. The number of hydrogen-bond acceptors (Lipinski definition) is 5. The maximum Gasteiger partial charge on any atom is 0.231 e. The zero-order valence-electron chi connectivity index (χ0n) is 12.8. The third kappa shape index (κ3) is 3.16. The van der Waals surface area contributed by atoms with Crippen LogP contribution in [0, 0.1) is 0 Å². The summed E-state index contributed by atoms with van der Waals surface area (Å²) in [6.45, 7) is 0.947. The van der Waals surface area contributed by atoms with E-state index < -0.39 is 10.0 Å². The lowest BCUT2D eigenvalue weighted by Gasteiger charge is -2.15. The number of rotatable bonds is 5. The van der Waals surface area contributed by atoms with Gasteiger partial charge in [-0.3, -0.25) is 0 Å². The van der Waals surface area contributed by atoms with Crippen LogP contribution in [0.25, 0.3) is 0 Å². The average molecular weight is 333 g/mol. The monoisotopic (exact) mass is 333 g/mol. The van der Waals surface area contributed by atoms with Crippen LogP contribution in [0.5, 0.6) is 0 Å². The molecule has 1 aliphatic heterocycles. The van der Waals surface area contributed by atoms with Crippen molar-refractivity contribution in [2.75, 3.05) is 13.1 Å². The summed E-state index contributed by atoms with van der Waals surface area (Å²) in [6.07, 6.45) is 2.99. The van der Waals surface area contributed by atoms with Gasteiger partial charge in [0.05, 0.1) is 11.7 Å². The van der Waals surface area contributed by atoms with E-state index in [9.17, 15) is 8.42 Å². The number of hydrogen-bond donors (Lipinski definition) is 0. The second-order valence-corrected chi connectivity index (χ2v) is 8.32. The lowest BCUT2D eigenvalue weighted by molar-refractivity contribution is 0.350. The van der Waals surface area contributed by atoms with Crippen molar-refractivity contribution in [3.63, 3.8) is 0 Å². The van der Waals surface area contributed by atoms with Gasteiger partial charge >= 0.3 is 0 Å². The highest BCUT2D eigenvalue weighted by atomic mass is 32.2. The summed E-state index contributed by atoms with van der Waals surface area (Å²) >= 11 is 0. The standard InChI is InChI=1S/C16H19N3O3S/c20-23(21,11-12-4-2-1-3-5-12)19-9-8-14(10-19)16-17-15(18-22-16)13-6-7-13/h1-5,13-14H,6-11H2/t14-/m0/s1. The Hall–Kier alpha value is -1.73. The van der Waals surface area contributed by atoms with E-state index in [1.54, 1.807) is 4.31 Å². The van der Waals surface area contributed by atoms with Gasteiger partial charge in [0.25, 0.3) is 0 Å². The molecule has 2 fully saturated rings. The van der Waals surface area contributed by atoms with Crippen molar-refractivity contribution in [1.82, 2.24) is 14.4 Å². The van der Waals surface area contributed by atoms with Gasteiger partial charge in [0, 0.05) is 19.0 Å². The fraction of sp³-hybridized carbons (Fsp3) is 0.500. The molecule has 6 nitrogen and oxygen atoms in total. The lowest BCUT2D eigenvalue weighted by atomic mass is 10.1. The number of sulfonamides is 1. The first-order chi connectivity index (χ1) is 11.1. The quantitative estimate of drug-likeness (QED) is 0.839. The predicted octanol–water partition coefficient (Wildman–Crippen LogP) is 2.27. The minimum atomic E-state index is -3.31. The first-order valence-corrected chi connectivity index (χ1v) is 9.58. The molecule has 7 heteroatoms. The van der Waals surface area contributed by atoms with Crippen LogP contribution in [0.1, 0.15) is 48.4 Å². The lowest BCUT2D eigenvalue weighted by Crippen LogP contribution is -2.29. The number of nitrogens with zero attached hydrogens (tertiary/aromatic N) is 3. The highest BCUT2D eigenvalue weighted by Crippen LogP contribution is 2.39. The molecule has 0 radical (unpaired) electrons. The van der Waals surface area contributed by atoms with Crippen LogP contribution in [0.4, 0.5) is 0 Å². The Morgan fingerprint density at radius 2 is 1.91 bits per heavy atom. The van der Waals surface area contributed by atoms with Crippen molar-refractivity contribution in [1.29, 1.82) is 0 Å². The van der Waals surface area contributed by atoms with Crippen molar-refractivity contribution in [2.24, 2.45) is 0 Å². The van der Waals surface area contributed by atoms with E-state index in [1.165, 1.54) is 0 Å². The van der Waals surface area contributed by atoms with Gasteiger partial charge < -0.3 is 4.52 Å². The van der Waals surface area contributed by atoms with Crippen LogP contribution < -0.4 is 0 Å². The molecule has 0 amide bonds. The van der Waals surface area contributed by atoms with E-state index in [4.69, 9.17) is 4.52 Å². The Balaban J connectivity index is 1.44. The molecule has 0 N–H and O–H groups in total. The van der Waals surface area contributed by atoms with Gasteiger partial charge in [-0.15, -0.1) is 0 Å². The van der Waals surface area contributed by atoms with Gasteiger partial charge in [-0.1, -0.05) is 35.5 Å². The van der Waals surface area contributed by atoms with Crippen molar-refractivity contribution < 1.29 is 12.9 Å². The Morgan fingerprint density at radius 1 is 1.13 bits per heavy atom. The van der Waals surface area contributed by atoms with E-state index in [2.05, 4.69) is 10.1 Å². The second kappa shape index (κ2) is 5.72. The van der Waals surface area contributed by atoms with E-state index >= 15 is 0 Å². The Morgan fingerprint density at radius 3 is 2.65 bits per heavy atom. The van der Waals surface area contributed by atoms with Crippen LogP contribution in [-0.4, -0.2) is 36.0 Å². The van der Waals surface area contributed by atoms with Crippen LogP contribution >= 0.6 is 0 Å². The molecule has 1 aromatic carbocycles. The summed E-state index contributed by atoms with van der Waals surface area (Å²) in [4.78, 5) is 4.46. The maximum absolute atomic E-state index is 12.6. The van der Waals surface area contributed by atoms with Gasteiger partial charge in [-0.2, -0.15) is 4.98 Å². The van der Waals surface area contributed by atoms with E-state index in [-0.39, 0.29) is 11.7 Å². The molecule has 1 atom stereocenters. The molecule has 1 aromatic heterocycles. The van der Waals surface area contributed by atoms with Crippen LogP contribution in [-0.2, 0) is 15.8 Å². The van der Waals surface area contributed by atoms with Crippen molar-refractivity contribution in [3.8, 4) is 0 Å². The molecule has 2 aliphatic rings. The molecular formula is C16H19N3O3S. The van der Waals surface area contributed by atoms with Gasteiger partial charge in [0.15, 0.2) is 5.82 Å². The molecule has 2 aromatic rings. The molecule has 0 spiro atoms. The van der Waals surface area contributed by atoms with Crippen LogP contribution in [0.3, 0.4) is 0 Å². The van der Waals surface area contributed by atoms with Crippen LogP contribution in [0.15, 0.2) is 34.9 Å². The summed E-state index contributed by atoms with van der Waals surface area (Å²) in [6, 6.07) is 9.27. The van der Waals surface area contributed by atoms with Gasteiger partial charge in [-0.25, -0.2) is 12.7 Å². The molecule has 23 heavy (non-hydrogen) atoms. The molecule has 0 unspecified atom stereocenters. The fourth-order valence-electron chi connectivity index (χ4n) is 2.98. The third-order valence-electron chi connectivity index (χ3n) is 4.49. The van der Waals surface area contributed by atoms with Crippen LogP contribution in [0.2, 0.25) is 0 Å². The Kier molecular flexibility index (Phi) is 3.69. The Bertz CT molecular complexity index is 784. The minimum absolute atomic E-state index is 0.0144. The number of benzene rings is 1. The van der Waals surface area contributed by atoms with Crippen molar-refractivity contribution >= 4 is 10.0 Å². The fourth-order valence-corrected chi connectivity index (χ4v) is 4.57. The first kappa shape index (κ1) is 14.8. The summed E-state index contributed by atoms with van der Waals surface area (Å²) < 4.78 is 32.0. The van der Waals surface area contributed by atoms with Crippen molar-refractivity contribution in [2.45, 2.75) is 36.9 Å². The summed E-state index contributed by atoms with van der Waals surface area (Å²) in [5, 5.41) is 4.02. The predicted molar refractivity (Wildman–Crippen MR) is 84.3 cm³/mol. The Labute approximate surface area is 135 Å². The molecule has 2 heterocycles. The SMILES string of the molecule is O=S(=O)(Cc1ccccc1)N1CC[C@H](c2nc(C3CC3)no2)C1. The van der Waals surface area contributed by atoms with Gasteiger partial charge in [-0.05, 0) is 24.8 Å². The molecule has 1 saturated heterocycles. The first-order valence-electron chi connectivity index (χ1n) is 7.97. The summed E-state index contributed by atoms with van der Waals surface area (Å²) in [5.41, 5.74) is 0.810. The normalized spacial score (nSPS) is 22.5. The molecule has 0 bridgehead atoms. The zero-order chi connectivity index (χ0) is 15.9. The minimum Gasteiger partial charge on any atom is -0.339 e. The smallest absolute Gasteiger partial charge is 0.231 e. The highest BCUT2D eigenvalue weighted by Gasteiger charge is 2.36. The van der Waals surface area contributed by atoms with Gasteiger partial charge in [0.2, 0.25) is 15.9 Å². The topological polar surface area (TPSA) is 76.3 Å². The maximum atomic E-state index is 12.6.